The first-order valence-electron chi connectivity index (χ1n) is 7.93. The fourth-order valence-corrected chi connectivity index (χ4v) is 2.13. The minimum Gasteiger partial charge on any atom is -0.462 e. The molecule has 0 radical (unpaired) electrons. The van der Waals surface area contributed by atoms with Gasteiger partial charge in [-0.1, -0.05) is 0 Å². The van der Waals surface area contributed by atoms with E-state index in [2.05, 4.69) is 10.1 Å². The number of carbonyl (C=O) groups excluding carboxylic acids is 1. The van der Waals surface area contributed by atoms with Gasteiger partial charge in [0.1, 0.15) is 5.69 Å². The van der Waals surface area contributed by atoms with E-state index in [1.54, 1.807) is 36.2 Å². The number of rotatable bonds is 11. The molecule has 1 aromatic carbocycles. The van der Waals surface area contributed by atoms with Crippen LogP contribution in [0.4, 0.5) is 5.69 Å². The van der Waals surface area contributed by atoms with E-state index in [4.69, 9.17) is 15.0 Å². The molecule has 0 saturated heterocycles. The molecule has 8 heteroatoms. The summed E-state index contributed by atoms with van der Waals surface area (Å²) >= 11 is 0. The average molecular weight is 336 g/mol. The number of esters is 1. The van der Waals surface area contributed by atoms with Crippen LogP contribution in [0.25, 0.3) is 10.4 Å². The zero-order valence-electron chi connectivity index (χ0n) is 14.1. The van der Waals surface area contributed by atoms with E-state index in [0.29, 0.717) is 30.8 Å². The number of hydrogen-bond acceptors (Lipinski definition) is 5. The van der Waals surface area contributed by atoms with Crippen LogP contribution in [0.15, 0.2) is 29.5 Å². The van der Waals surface area contributed by atoms with Gasteiger partial charge in [0.05, 0.1) is 18.7 Å². The van der Waals surface area contributed by atoms with Crippen molar-refractivity contribution in [1.29, 1.82) is 0 Å². The number of hydrogen-bond donors (Lipinski definition) is 1. The van der Waals surface area contributed by atoms with Crippen LogP contribution in [0.3, 0.4) is 0 Å². The molecule has 8 nitrogen and oxygen atoms in total. The molecule has 1 atom stereocenters. The van der Waals surface area contributed by atoms with Gasteiger partial charge >= 0.3 is 5.97 Å². The van der Waals surface area contributed by atoms with Gasteiger partial charge in [0.15, 0.2) is 6.29 Å². The molecule has 1 unspecified atom stereocenters. The second-order valence-electron chi connectivity index (χ2n) is 5.11. The van der Waals surface area contributed by atoms with E-state index >= 15 is 0 Å². The second kappa shape index (κ2) is 11.3. The Balaban J connectivity index is 2.55. The lowest BCUT2D eigenvalue weighted by molar-refractivity contribution is -0.0792. The first-order chi connectivity index (χ1) is 11.6. The van der Waals surface area contributed by atoms with Crippen LogP contribution in [0.2, 0.25) is 0 Å². The molecule has 1 N–H and O–H groups in total. The molecule has 1 rings (SSSR count). The minimum atomic E-state index is -0.728. The molecule has 24 heavy (non-hydrogen) atoms. The molecule has 1 aromatic rings. The third-order valence-corrected chi connectivity index (χ3v) is 3.42. The smallest absolute Gasteiger partial charge is 0.338 e. The van der Waals surface area contributed by atoms with Crippen molar-refractivity contribution in [3.63, 3.8) is 0 Å². The summed E-state index contributed by atoms with van der Waals surface area (Å²) in [7, 11) is 1.47. The van der Waals surface area contributed by atoms with E-state index in [0.717, 1.165) is 19.3 Å². The average Bonchev–Trinajstić information content (AvgIpc) is 2.60. The number of azide groups is 1. The van der Waals surface area contributed by atoms with Crippen molar-refractivity contribution in [3.8, 4) is 0 Å². The highest BCUT2D eigenvalue weighted by atomic mass is 16.6. The largest absolute Gasteiger partial charge is 0.462 e. The maximum absolute atomic E-state index is 11.6. The molecule has 0 heterocycles. The van der Waals surface area contributed by atoms with Crippen LogP contribution < -0.4 is 5.01 Å². The third kappa shape index (κ3) is 6.87. The van der Waals surface area contributed by atoms with Gasteiger partial charge in [-0.2, -0.15) is 4.91 Å². The maximum Gasteiger partial charge on any atom is 0.338 e. The highest BCUT2D eigenvalue weighted by Gasteiger charge is 2.12. The summed E-state index contributed by atoms with van der Waals surface area (Å²) in [5.41, 5.74) is 9.87. The standard InChI is InChI=1S/C16H24N4O4/c1-3-24-16(22)13-8-10-14(11-9-13)20(19-18-17)12-6-4-5-7-15(21)23-2/h8-11,15,21H,3-7,12H2,1-2H3. The van der Waals surface area contributed by atoms with Crippen molar-refractivity contribution in [3.05, 3.63) is 40.3 Å². The van der Waals surface area contributed by atoms with Crippen LogP contribution >= 0.6 is 0 Å². The number of methoxy groups -OCH3 is 1. The van der Waals surface area contributed by atoms with Crippen molar-refractivity contribution < 1.29 is 19.4 Å². The topological polar surface area (TPSA) is 108 Å². The van der Waals surface area contributed by atoms with Crippen LogP contribution in [0.1, 0.15) is 43.0 Å². The van der Waals surface area contributed by atoms with Gasteiger partial charge in [-0.15, -0.1) is 5.53 Å². The highest BCUT2D eigenvalue weighted by molar-refractivity contribution is 5.89. The molecular weight excluding hydrogens is 312 g/mol. The van der Waals surface area contributed by atoms with Crippen molar-refractivity contribution in [2.45, 2.75) is 38.9 Å². The minimum absolute atomic E-state index is 0.323. The molecule has 0 fully saturated rings. The van der Waals surface area contributed by atoms with Crippen LogP contribution in [0, 0.1) is 0 Å². The second-order valence-corrected chi connectivity index (χ2v) is 5.11. The molecule has 0 bridgehead atoms. The Morgan fingerprint density at radius 3 is 2.62 bits per heavy atom. The van der Waals surface area contributed by atoms with Gasteiger partial charge in [0.25, 0.3) is 0 Å². The zero-order chi connectivity index (χ0) is 17.8. The lowest BCUT2D eigenvalue weighted by Crippen LogP contribution is -2.17. The van der Waals surface area contributed by atoms with Crippen molar-refractivity contribution in [2.24, 2.45) is 5.22 Å². The van der Waals surface area contributed by atoms with Crippen LogP contribution in [-0.2, 0) is 9.47 Å². The van der Waals surface area contributed by atoms with E-state index in [1.807, 2.05) is 0 Å². The summed E-state index contributed by atoms with van der Waals surface area (Å²) in [6.07, 6.45) is 2.34. The monoisotopic (exact) mass is 336 g/mol. The predicted molar refractivity (Wildman–Crippen MR) is 90.4 cm³/mol. The number of aliphatic hydroxyl groups is 1. The summed E-state index contributed by atoms with van der Waals surface area (Å²) in [6, 6.07) is 6.72. The maximum atomic E-state index is 11.6. The van der Waals surface area contributed by atoms with Gasteiger partial charge in [-0.25, -0.2) is 9.80 Å². The molecule has 0 aliphatic carbocycles. The third-order valence-electron chi connectivity index (χ3n) is 3.42. The highest BCUT2D eigenvalue weighted by Crippen LogP contribution is 2.18. The number of aliphatic hydroxyl groups excluding tert-OH is 1. The van der Waals surface area contributed by atoms with Crippen molar-refractivity contribution in [1.82, 2.24) is 0 Å². The summed E-state index contributed by atoms with van der Waals surface area (Å²) in [5.74, 6) is -0.379. The number of anilines is 1. The first-order valence-corrected chi connectivity index (χ1v) is 7.93. The molecule has 0 spiro atoms. The summed E-state index contributed by atoms with van der Waals surface area (Å²) < 4.78 is 9.71. The Morgan fingerprint density at radius 1 is 1.33 bits per heavy atom. The van der Waals surface area contributed by atoms with Gasteiger partial charge < -0.3 is 14.6 Å². The first kappa shape index (κ1) is 19.8. The van der Waals surface area contributed by atoms with Crippen molar-refractivity contribution >= 4 is 11.7 Å². The van der Waals surface area contributed by atoms with E-state index < -0.39 is 6.29 Å². The number of carbonyl (C=O) groups is 1. The van der Waals surface area contributed by atoms with Gasteiger partial charge in [0.2, 0.25) is 0 Å². The van der Waals surface area contributed by atoms with Gasteiger partial charge in [0, 0.05) is 7.11 Å². The van der Waals surface area contributed by atoms with Crippen molar-refractivity contribution in [2.75, 3.05) is 25.3 Å². The number of unbranched alkanes of at least 4 members (excludes halogenated alkanes) is 2. The van der Waals surface area contributed by atoms with Crippen LogP contribution in [0.5, 0.6) is 0 Å². The summed E-state index contributed by atoms with van der Waals surface area (Å²) in [5, 5.41) is 14.5. The van der Waals surface area contributed by atoms with Gasteiger partial charge in [-0.05, 0) is 62.1 Å². The predicted octanol–water partition coefficient (Wildman–Crippen LogP) is 3.42. The lowest BCUT2D eigenvalue weighted by atomic mass is 10.1. The van der Waals surface area contributed by atoms with E-state index in [1.165, 1.54) is 7.11 Å². The van der Waals surface area contributed by atoms with E-state index in [9.17, 15) is 9.90 Å². The van der Waals surface area contributed by atoms with Gasteiger partial charge in [-0.3, -0.25) is 0 Å². The van der Waals surface area contributed by atoms with Crippen LogP contribution in [-0.4, -0.2) is 37.6 Å². The molecule has 0 aliphatic rings. The lowest BCUT2D eigenvalue weighted by Gasteiger charge is -2.14. The Hall–Kier alpha value is -2.28. The Labute approximate surface area is 141 Å². The molecule has 0 amide bonds. The Morgan fingerprint density at radius 2 is 2.04 bits per heavy atom. The quantitative estimate of drug-likeness (QED) is 0.127. The number of nitrogens with zero attached hydrogens (tertiary/aromatic N) is 4. The zero-order valence-corrected chi connectivity index (χ0v) is 14.1. The molecule has 0 aliphatic heterocycles. The number of benzene rings is 1. The number of ether oxygens (including phenoxy) is 2. The fraction of sp³-hybridized carbons (Fsp3) is 0.562. The Kier molecular flexibility index (Phi) is 9.29. The molecular formula is C16H24N4O4. The summed E-state index contributed by atoms with van der Waals surface area (Å²) in [4.78, 5) is 14.5. The molecule has 132 valence electrons. The van der Waals surface area contributed by atoms with E-state index in [-0.39, 0.29) is 5.97 Å². The Bertz CT molecular complexity index is 544. The SMILES string of the molecule is CCOC(=O)c1ccc(N(CCCCCC(O)OC)N=[N+]=[N-])cc1. The molecule has 0 saturated carbocycles. The normalized spacial score (nSPS) is 11.5. The fourth-order valence-electron chi connectivity index (χ4n) is 2.13. The summed E-state index contributed by atoms with van der Waals surface area (Å²) in [6.45, 7) is 2.62. The molecule has 0 aromatic heterocycles.